The number of aliphatic hydroxyl groups is 1. The van der Waals surface area contributed by atoms with Gasteiger partial charge in [0, 0.05) is 25.7 Å². The van der Waals surface area contributed by atoms with Crippen LogP contribution >= 0.6 is 15.6 Å². The molecule has 0 heterocycles. The standard InChI is InChI=1S/C70H132O17P2/c1-7-10-12-14-16-18-19-20-21-22-23-29-36-42-48-54-69(74)86-65(59-81-68(73)53-47-41-35-28-25-24-27-33-39-45-51-63(6)9-3)60-84-88(76,77)82-56-64(71)57-83-89(78,79)85-61-66(58-80-67(72)52-46-40-34-26-17-15-13-11-8-2)87-70(75)55-49-43-37-31-30-32-38-44-50-62(4)5/h18-21,62-66,71H,7-17,22-61H2,1-6H3,(H,76,77)(H,78,79)/b19-18-,21-20-/t63?,64-,65-,66-/m1/s1. The van der Waals surface area contributed by atoms with Gasteiger partial charge in [-0.3, -0.25) is 37.3 Å². The number of allylic oxidation sites excluding steroid dienone is 4. The molecule has 6 atom stereocenters. The Labute approximate surface area is 542 Å². The first-order valence-electron chi connectivity index (χ1n) is 35.8. The summed E-state index contributed by atoms with van der Waals surface area (Å²) in [5.74, 6) is -0.634. The van der Waals surface area contributed by atoms with Gasteiger partial charge in [0.1, 0.15) is 19.3 Å². The summed E-state index contributed by atoms with van der Waals surface area (Å²) in [7, 11) is -9.91. The SMILES string of the molecule is CCCCCC/C=C\C=C/CCCCCCCC(=O)O[C@H](COC(=O)CCCCCCCCCCCCC(C)CC)COP(=O)(O)OC[C@@H](O)COP(=O)(O)OC[C@@H](COC(=O)CCCCCCCCCCC)OC(=O)CCCCCCCCCCC(C)C. The van der Waals surface area contributed by atoms with Crippen LogP contribution in [-0.2, 0) is 65.4 Å². The summed E-state index contributed by atoms with van der Waals surface area (Å²) in [5.41, 5.74) is 0. The number of phosphoric ester groups is 2. The van der Waals surface area contributed by atoms with Gasteiger partial charge >= 0.3 is 39.5 Å². The van der Waals surface area contributed by atoms with Gasteiger partial charge in [-0.1, -0.05) is 278 Å². The molecule has 0 aliphatic heterocycles. The Bertz CT molecular complexity index is 1830. The topological polar surface area (TPSA) is 237 Å². The minimum atomic E-state index is -4.96. The molecule has 0 aromatic carbocycles. The predicted molar refractivity (Wildman–Crippen MR) is 358 cm³/mol. The minimum Gasteiger partial charge on any atom is -0.462 e. The van der Waals surface area contributed by atoms with E-state index in [1.807, 2.05) is 0 Å². The van der Waals surface area contributed by atoms with E-state index in [2.05, 4.69) is 65.8 Å². The first kappa shape index (κ1) is 86.5. The second-order valence-corrected chi connectivity index (χ2v) is 28.2. The molecule has 0 aliphatic rings. The first-order chi connectivity index (χ1) is 42.9. The van der Waals surface area contributed by atoms with Crippen LogP contribution in [0.5, 0.6) is 0 Å². The molecule has 0 radical (unpaired) electrons. The van der Waals surface area contributed by atoms with Crippen molar-refractivity contribution in [3.63, 3.8) is 0 Å². The van der Waals surface area contributed by atoms with E-state index in [0.29, 0.717) is 25.7 Å². The molecule has 0 amide bonds. The third-order valence-electron chi connectivity index (χ3n) is 15.9. The van der Waals surface area contributed by atoms with Crippen molar-refractivity contribution in [1.29, 1.82) is 0 Å². The van der Waals surface area contributed by atoms with E-state index in [1.54, 1.807) is 0 Å². The number of rotatable bonds is 67. The van der Waals surface area contributed by atoms with Gasteiger partial charge in [-0.15, -0.1) is 0 Å². The fraction of sp³-hybridized carbons (Fsp3) is 0.886. The molecule has 19 heteroatoms. The van der Waals surface area contributed by atoms with Crippen LogP contribution in [0.15, 0.2) is 24.3 Å². The van der Waals surface area contributed by atoms with E-state index in [0.717, 1.165) is 115 Å². The molecule has 17 nitrogen and oxygen atoms in total. The van der Waals surface area contributed by atoms with Crippen molar-refractivity contribution in [3.8, 4) is 0 Å². The van der Waals surface area contributed by atoms with Crippen molar-refractivity contribution in [2.24, 2.45) is 11.8 Å². The molecule has 0 rings (SSSR count). The van der Waals surface area contributed by atoms with Gasteiger partial charge in [-0.25, -0.2) is 9.13 Å². The van der Waals surface area contributed by atoms with E-state index in [1.165, 1.54) is 135 Å². The zero-order valence-corrected chi connectivity index (χ0v) is 59.0. The van der Waals surface area contributed by atoms with E-state index in [4.69, 9.17) is 37.0 Å². The Morgan fingerprint density at radius 1 is 0.371 bits per heavy atom. The summed E-state index contributed by atoms with van der Waals surface area (Å²) in [6, 6.07) is 0. The van der Waals surface area contributed by atoms with Crippen LogP contribution in [0.4, 0.5) is 0 Å². The monoisotopic (exact) mass is 1310 g/mol. The average molecular weight is 1310 g/mol. The molecule has 3 N–H and O–H groups in total. The molecule has 0 saturated carbocycles. The van der Waals surface area contributed by atoms with Gasteiger partial charge in [-0.2, -0.15) is 0 Å². The fourth-order valence-electron chi connectivity index (χ4n) is 10.0. The van der Waals surface area contributed by atoms with Crippen LogP contribution in [0.2, 0.25) is 0 Å². The number of esters is 4. The largest absolute Gasteiger partial charge is 0.472 e. The van der Waals surface area contributed by atoms with E-state index in [9.17, 15) is 43.2 Å². The van der Waals surface area contributed by atoms with Gasteiger partial charge in [0.25, 0.3) is 0 Å². The van der Waals surface area contributed by atoms with Crippen LogP contribution in [0, 0.1) is 11.8 Å². The van der Waals surface area contributed by atoms with Gasteiger partial charge < -0.3 is 33.8 Å². The molecule has 0 fully saturated rings. The van der Waals surface area contributed by atoms with Crippen molar-refractivity contribution in [1.82, 2.24) is 0 Å². The van der Waals surface area contributed by atoms with Crippen LogP contribution in [0.1, 0.15) is 330 Å². The molecule has 0 aliphatic carbocycles. The molecular formula is C70H132O17P2. The highest BCUT2D eigenvalue weighted by Crippen LogP contribution is 2.45. The predicted octanol–water partition coefficient (Wildman–Crippen LogP) is 19.5. The summed E-state index contributed by atoms with van der Waals surface area (Å²) >= 11 is 0. The van der Waals surface area contributed by atoms with Gasteiger partial charge in [-0.05, 0) is 63.2 Å². The maximum atomic E-state index is 13.0. The summed E-state index contributed by atoms with van der Waals surface area (Å²) in [6.45, 7) is 9.45. The second-order valence-electron chi connectivity index (χ2n) is 25.3. The molecular weight excluding hydrogens is 1170 g/mol. The average Bonchev–Trinajstić information content (AvgIpc) is 3.70. The molecule has 3 unspecified atom stereocenters. The Kier molecular flexibility index (Phi) is 60.0. The fourth-order valence-corrected chi connectivity index (χ4v) is 11.6. The molecule has 0 saturated heterocycles. The number of aliphatic hydroxyl groups excluding tert-OH is 1. The summed E-state index contributed by atoms with van der Waals surface area (Å²) in [4.78, 5) is 72.5. The van der Waals surface area contributed by atoms with Crippen molar-refractivity contribution >= 4 is 39.5 Å². The minimum absolute atomic E-state index is 0.0846. The summed E-state index contributed by atoms with van der Waals surface area (Å²) in [6.07, 6.45) is 49.3. The molecule has 89 heavy (non-hydrogen) atoms. The highest BCUT2D eigenvalue weighted by atomic mass is 31.2. The number of phosphoric acid groups is 2. The summed E-state index contributed by atoms with van der Waals surface area (Å²) in [5, 5.41) is 10.6. The third-order valence-corrected chi connectivity index (χ3v) is 17.8. The van der Waals surface area contributed by atoms with E-state index < -0.39 is 97.5 Å². The van der Waals surface area contributed by atoms with E-state index in [-0.39, 0.29) is 25.7 Å². The molecule has 0 bridgehead atoms. The zero-order valence-electron chi connectivity index (χ0n) is 57.2. The van der Waals surface area contributed by atoms with Gasteiger partial charge in [0.15, 0.2) is 12.2 Å². The van der Waals surface area contributed by atoms with Crippen LogP contribution in [-0.4, -0.2) is 96.7 Å². The lowest BCUT2D eigenvalue weighted by Crippen LogP contribution is -2.30. The van der Waals surface area contributed by atoms with Crippen LogP contribution in [0.25, 0.3) is 0 Å². The van der Waals surface area contributed by atoms with Crippen molar-refractivity contribution in [2.45, 2.75) is 349 Å². The molecule has 524 valence electrons. The molecule has 0 spiro atoms. The number of carbonyl (C=O) groups is 4. The molecule has 0 aromatic rings. The smallest absolute Gasteiger partial charge is 0.462 e. The quantitative estimate of drug-likeness (QED) is 0.0169. The van der Waals surface area contributed by atoms with Gasteiger partial charge in [0.05, 0.1) is 26.4 Å². The zero-order chi connectivity index (χ0) is 65.7. The number of ether oxygens (including phenoxy) is 4. The summed E-state index contributed by atoms with van der Waals surface area (Å²) < 4.78 is 68.2. The van der Waals surface area contributed by atoms with Crippen LogP contribution < -0.4 is 0 Å². The van der Waals surface area contributed by atoms with Gasteiger partial charge in [0.2, 0.25) is 0 Å². The van der Waals surface area contributed by atoms with Crippen molar-refractivity contribution in [2.75, 3.05) is 39.6 Å². The first-order valence-corrected chi connectivity index (χ1v) is 38.8. The second kappa shape index (κ2) is 61.7. The highest BCUT2D eigenvalue weighted by Gasteiger charge is 2.30. The number of hydrogen-bond acceptors (Lipinski definition) is 15. The van der Waals surface area contributed by atoms with Crippen LogP contribution in [0.3, 0.4) is 0 Å². The van der Waals surface area contributed by atoms with E-state index >= 15 is 0 Å². The molecule has 0 aromatic heterocycles. The lowest BCUT2D eigenvalue weighted by Gasteiger charge is -2.21. The lowest BCUT2D eigenvalue weighted by molar-refractivity contribution is -0.161. The maximum Gasteiger partial charge on any atom is 0.472 e. The Morgan fingerprint density at radius 2 is 0.663 bits per heavy atom. The third kappa shape index (κ3) is 62.7. The normalized spacial score (nSPS) is 14.6. The lowest BCUT2D eigenvalue weighted by atomic mass is 9.99. The number of hydrogen-bond donors (Lipinski definition) is 3. The number of carbonyl (C=O) groups excluding carboxylic acids is 4. The van der Waals surface area contributed by atoms with Crippen molar-refractivity contribution in [3.05, 3.63) is 24.3 Å². The Hall–Kier alpha value is -2.46. The Balaban J connectivity index is 5.29. The number of unbranched alkanes of at least 4 members (excludes halogenated alkanes) is 33. The maximum absolute atomic E-state index is 13.0. The Morgan fingerprint density at radius 3 is 1.01 bits per heavy atom. The highest BCUT2D eigenvalue weighted by molar-refractivity contribution is 7.47. The van der Waals surface area contributed by atoms with Crippen molar-refractivity contribution < 1.29 is 80.2 Å².